The molecule has 10 heteroatoms. The molecule has 32 heavy (non-hydrogen) atoms. The van der Waals surface area contributed by atoms with Crippen molar-refractivity contribution in [3.05, 3.63) is 70.6 Å². The van der Waals surface area contributed by atoms with Crippen LogP contribution in [0.1, 0.15) is 26.5 Å². The first kappa shape index (κ1) is 21.6. The number of pyridine rings is 2. The maximum absolute atomic E-state index is 13.0. The number of hydrazine groups is 1. The number of nitrogens with zero attached hydrogens (tertiary/aromatic N) is 4. The van der Waals surface area contributed by atoms with Gasteiger partial charge < -0.3 is 15.8 Å². The quantitative estimate of drug-likeness (QED) is 0.155. The molecule has 0 saturated heterocycles. The Morgan fingerprint density at radius 3 is 2.72 bits per heavy atom. The van der Waals surface area contributed by atoms with Crippen LogP contribution in [0, 0.1) is 13.8 Å². The van der Waals surface area contributed by atoms with Gasteiger partial charge in [-0.3, -0.25) is 14.2 Å². The highest BCUT2D eigenvalue weighted by Crippen LogP contribution is 2.31. The smallest absolute Gasteiger partial charge is 0.253 e. The van der Waals surface area contributed by atoms with Gasteiger partial charge in [0.05, 0.1) is 22.3 Å². The van der Waals surface area contributed by atoms with E-state index in [4.69, 9.17) is 5.84 Å². The third kappa shape index (κ3) is 4.52. The van der Waals surface area contributed by atoms with Crippen LogP contribution in [0.15, 0.2) is 53.9 Å². The summed E-state index contributed by atoms with van der Waals surface area (Å²) < 4.78 is 1.83. The normalized spacial score (nSPS) is 11.7. The molecule has 4 aromatic rings. The molecule has 0 radical (unpaired) electrons. The highest BCUT2D eigenvalue weighted by atomic mass is 32.1. The van der Waals surface area contributed by atoms with Gasteiger partial charge in [0.25, 0.3) is 5.91 Å². The number of rotatable bonds is 6. The van der Waals surface area contributed by atoms with Crippen LogP contribution in [0.3, 0.4) is 0 Å². The van der Waals surface area contributed by atoms with Gasteiger partial charge in [-0.2, -0.15) is 0 Å². The Balaban J connectivity index is 1.74. The van der Waals surface area contributed by atoms with Gasteiger partial charge in [-0.15, -0.1) is 11.3 Å². The van der Waals surface area contributed by atoms with Crippen molar-refractivity contribution in [1.82, 2.24) is 25.1 Å². The van der Waals surface area contributed by atoms with Gasteiger partial charge in [0.15, 0.2) is 5.65 Å². The molecule has 0 aliphatic carbocycles. The zero-order valence-electron chi connectivity index (χ0n) is 17.7. The van der Waals surface area contributed by atoms with Crippen LogP contribution in [0.4, 0.5) is 5.69 Å². The van der Waals surface area contributed by atoms with Crippen LogP contribution in [-0.2, 0) is 6.54 Å². The molecule has 0 unspecified atom stereocenters. The standard InChI is InChI=1S/C22H23N7O2S/c1-13-3-5-15(8-24-13)9-26-22(31)16-7-17(27-20(12-30)28-23)21-25-10-18(29(21)11-16)19-6-4-14(2)32-19/h3-8,10-11,30H,9,12,23H2,1-2H3,(H,26,31)(H,27,28). The van der Waals surface area contributed by atoms with Gasteiger partial charge in [-0.1, -0.05) is 6.07 Å². The SMILES string of the molecule is Cc1ccc(CNC(=O)c2cc(N=C(CO)NN)c3ncc(-c4ccc(C)s4)n3c2)cn1. The third-order valence-corrected chi connectivity index (χ3v) is 5.86. The number of amidine groups is 1. The van der Waals surface area contributed by atoms with E-state index in [1.807, 2.05) is 42.5 Å². The second-order valence-corrected chi connectivity index (χ2v) is 8.50. The number of aliphatic hydroxyl groups is 1. The van der Waals surface area contributed by atoms with E-state index < -0.39 is 0 Å². The number of hydrogen-bond acceptors (Lipinski definition) is 7. The second kappa shape index (κ2) is 9.27. The number of nitrogens with one attached hydrogen (secondary N) is 2. The number of aliphatic hydroxyl groups excluding tert-OH is 1. The number of aryl methyl sites for hydroxylation is 2. The molecule has 0 saturated carbocycles. The molecule has 164 valence electrons. The number of hydrogen-bond donors (Lipinski definition) is 4. The van der Waals surface area contributed by atoms with Crippen molar-refractivity contribution >= 4 is 34.4 Å². The molecule has 0 aliphatic heterocycles. The van der Waals surface area contributed by atoms with Crippen molar-refractivity contribution in [3.63, 3.8) is 0 Å². The lowest BCUT2D eigenvalue weighted by molar-refractivity contribution is 0.0950. The van der Waals surface area contributed by atoms with Gasteiger partial charge in [0.2, 0.25) is 0 Å². The number of aromatic nitrogens is 3. The summed E-state index contributed by atoms with van der Waals surface area (Å²) in [5.74, 6) is 5.34. The van der Waals surface area contributed by atoms with Gasteiger partial charge in [-0.05, 0) is 43.7 Å². The van der Waals surface area contributed by atoms with Crippen LogP contribution in [0.2, 0.25) is 0 Å². The molecule has 5 N–H and O–H groups in total. The molecule has 9 nitrogen and oxygen atoms in total. The van der Waals surface area contributed by atoms with E-state index in [1.165, 1.54) is 4.88 Å². The molecule has 0 atom stereocenters. The average Bonchev–Trinajstić information content (AvgIpc) is 3.42. The third-order valence-electron chi connectivity index (χ3n) is 4.84. The first-order valence-corrected chi connectivity index (χ1v) is 10.7. The number of amides is 1. The lowest BCUT2D eigenvalue weighted by Crippen LogP contribution is -2.32. The molecule has 0 bridgehead atoms. The van der Waals surface area contributed by atoms with Crippen molar-refractivity contribution in [3.8, 4) is 10.6 Å². The molecular weight excluding hydrogens is 426 g/mol. The van der Waals surface area contributed by atoms with Crippen LogP contribution in [0.25, 0.3) is 16.2 Å². The van der Waals surface area contributed by atoms with Crippen LogP contribution >= 0.6 is 11.3 Å². The molecule has 1 amide bonds. The molecule has 0 aliphatic rings. The summed E-state index contributed by atoms with van der Waals surface area (Å²) in [4.78, 5) is 28.3. The lowest BCUT2D eigenvalue weighted by Gasteiger charge is -2.10. The van der Waals surface area contributed by atoms with Gasteiger partial charge in [0.1, 0.15) is 18.1 Å². The Labute approximate surface area is 188 Å². The zero-order valence-corrected chi connectivity index (χ0v) is 18.5. The number of aliphatic imine (C=N–C) groups is 1. The maximum Gasteiger partial charge on any atom is 0.253 e. The van der Waals surface area contributed by atoms with Gasteiger partial charge >= 0.3 is 0 Å². The number of imidazole rings is 1. The van der Waals surface area contributed by atoms with E-state index in [9.17, 15) is 9.90 Å². The summed E-state index contributed by atoms with van der Waals surface area (Å²) in [6.45, 7) is 3.91. The topological polar surface area (TPSA) is 130 Å². The summed E-state index contributed by atoms with van der Waals surface area (Å²) in [7, 11) is 0. The number of carbonyl (C=O) groups excluding carboxylic acids is 1. The zero-order chi connectivity index (χ0) is 22.7. The Bertz CT molecular complexity index is 1290. The van der Waals surface area contributed by atoms with Gasteiger partial charge in [-0.25, -0.2) is 15.8 Å². The number of fused-ring (bicyclic) bond motifs is 1. The van der Waals surface area contributed by atoms with Crippen LogP contribution < -0.4 is 16.6 Å². The fourth-order valence-corrected chi connectivity index (χ4v) is 4.05. The Hall–Kier alpha value is -3.60. The van der Waals surface area contributed by atoms with E-state index in [0.717, 1.165) is 21.8 Å². The second-order valence-electron chi connectivity index (χ2n) is 7.21. The monoisotopic (exact) mass is 449 g/mol. The fraction of sp³-hybridized carbons (Fsp3) is 0.182. The van der Waals surface area contributed by atoms with E-state index in [0.29, 0.717) is 23.4 Å². The first-order valence-electron chi connectivity index (χ1n) is 9.91. The van der Waals surface area contributed by atoms with Crippen molar-refractivity contribution in [1.29, 1.82) is 0 Å². The number of carbonyl (C=O) groups is 1. The van der Waals surface area contributed by atoms with Crippen molar-refractivity contribution < 1.29 is 9.90 Å². The first-order chi connectivity index (χ1) is 15.5. The highest BCUT2D eigenvalue weighted by molar-refractivity contribution is 7.15. The summed E-state index contributed by atoms with van der Waals surface area (Å²) in [6.07, 6.45) is 5.22. The molecule has 4 rings (SSSR count). The number of thiophene rings is 1. The summed E-state index contributed by atoms with van der Waals surface area (Å²) in [6, 6.07) is 9.50. The van der Waals surface area contributed by atoms with E-state index in [-0.39, 0.29) is 18.3 Å². The van der Waals surface area contributed by atoms with Crippen LogP contribution in [-0.4, -0.2) is 37.8 Å². The highest BCUT2D eigenvalue weighted by Gasteiger charge is 2.16. The molecule has 0 spiro atoms. The Kier molecular flexibility index (Phi) is 6.26. The van der Waals surface area contributed by atoms with Crippen molar-refractivity contribution in [2.45, 2.75) is 20.4 Å². The fourth-order valence-electron chi connectivity index (χ4n) is 3.18. The Morgan fingerprint density at radius 1 is 1.22 bits per heavy atom. The minimum atomic E-state index is -0.378. The summed E-state index contributed by atoms with van der Waals surface area (Å²) in [5.41, 5.74) is 6.38. The largest absolute Gasteiger partial charge is 0.388 e. The van der Waals surface area contributed by atoms with E-state index in [2.05, 4.69) is 25.7 Å². The van der Waals surface area contributed by atoms with E-state index >= 15 is 0 Å². The van der Waals surface area contributed by atoms with Crippen LogP contribution in [0.5, 0.6) is 0 Å². The molecule has 0 fully saturated rings. The average molecular weight is 450 g/mol. The van der Waals surface area contributed by atoms with Gasteiger partial charge in [0, 0.05) is 29.5 Å². The summed E-state index contributed by atoms with van der Waals surface area (Å²) in [5, 5.41) is 12.4. The van der Waals surface area contributed by atoms with Crippen molar-refractivity contribution in [2.24, 2.45) is 10.8 Å². The molecule has 0 aromatic carbocycles. The minimum absolute atomic E-state index is 0.159. The predicted molar refractivity (Wildman–Crippen MR) is 125 cm³/mol. The molecule has 4 aromatic heterocycles. The Morgan fingerprint density at radius 2 is 2.06 bits per heavy atom. The molecular formula is C22H23N7O2S. The number of nitrogens with two attached hydrogens (primary N) is 1. The maximum atomic E-state index is 13.0. The van der Waals surface area contributed by atoms with Crippen molar-refractivity contribution in [2.75, 3.05) is 6.61 Å². The summed E-state index contributed by atoms with van der Waals surface area (Å²) >= 11 is 1.64. The minimum Gasteiger partial charge on any atom is -0.388 e. The van der Waals surface area contributed by atoms with E-state index in [1.54, 1.807) is 36.0 Å². The predicted octanol–water partition coefficient (Wildman–Crippen LogP) is 2.49. The lowest BCUT2D eigenvalue weighted by atomic mass is 10.2. The molecule has 4 heterocycles.